The van der Waals surface area contributed by atoms with Crippen LogP contribution in [0, 0.1) is 0 Å². The molecule has 0 spiro atoms. The zero-order valence-corrected chi connectivity index (χ0v) is 4.52. The van der Waals surface area contributed by atoms with Gasteiger partial charge in [0, 0.05) is 6.04 Å². The zero-order chi connectivity index (χ0) is 5.28. The summed E-state index contributed by atoms with van der Waals surface area (Å²) in [6.07, 6.45) is 0.821. The summed E-state index contributed by atoms with van der Waals surface area (Å²) in [5, 5.41) is 12.1. The summed E-state index contributed by atoms with van der Waals surface area (Å²) in [6, 6.07) is 0.319. The lowest BCUT2D eigenvalue weighted by atomic mass is 10.2. The average Bonchev–Trinajstić information content (AvgIpc) is 1.91. The Bertz CT molecular complexity index is 57.1. The molecule has 1 fully saturated rings. The van der Waals surface area contributed by atoms with Crippen LogP contribution < -0.4 is 5.32 Å². The van der Waals surface area contributed by atoms with Gasteiger partial charge in [0.1, 0.15) is 0 Å². The Morgan fingerprint density at radius 3 is 2.57 bits per heavy atom. The molecule has 0 radical (unpaired) electrons. The van der Waals surface area contributed by atoms with Crippen molar-refractivity contribution in [3.63, 3.8) is 0 Å². The number of aliphatic hydroxyl groups is 1. The van der Waals surface area contributed by atoms with Crippen molar-refractivity contribution in [3.05, 3.63) is 0 Å². The second kappa shape index (κ2) is 1.80. The van der Waals surface area contributed by atoms with Crippen molar-refractivity contribution in [2.45, 2.75) is 25.5 Å². The van der Waals surface area contributed by atoms with Crippen molar-refractivity contribution in [2.24, 2.45) is 0 Å². The van der Waals surface area contributed by atoms with Gasteiger partial charge in [-0.3, -0.25) is 0 Å². The number of hydrogen-bond donors (Lipinski definition) is 2. The first-order valence-electron chi connectivity index (χ1n) is 2.72. The van der Waals surface area contributed by atoms with E-state index in [4.69, 9.17) is 5.11 Å². The summed E-state index contributed by atoms with van der Waals surface area (Å²) in [7, 11) is 0. The highest BCUT2D eigenvalue weighted by Gasteiger charge is 2.18. The van der Waals surface area contributed by atoms with Gasteiger partial charge < -0.3 is 10.4 Å². The Kier molecular flexibility index (Phi) is 1.30. The first kappa shape index (κ1) is 5.06. The highest BCUT2D eigenvalue weighted by molar-refractivity contribution is 4.78. The normalized spacial score (nSPS) is 42.0. The SMILES string of the molecule is C[C@H]1NCCC1O. The monoisotopic (exact) mass is 101 g/mol. The van der Waals surface area contributed by atoms with Gasteiger partial charge in [-0.2, -0.15) is 0 Å². The lowest BCUT2D eigenvalue weighted by molar-refractivity contribution is 0.166. The third-order valence-electron chi connectivity index (χ3n) is 1.48. The molecule has 0 bridgehead atoms. The summed E-state index contributed by atoms with van der Waals surface area (Å²) < 4.78 is 0. The summed E-state index contributed by atoms with van der Waals surface area (Å²) in [5.41, 5.74) is 0. The lowest BCUT2D eigenvalue weighted by Gasteiger charge is -2.04. The molecular formula is C5H11NO. The van der Waals surface area contributed by atoms with Gasteiger partial charge in [-0.1, -0.05) is 0 Å². The smallest absolute Gasteiger partial charge is 0.0702 e. The summed E-state index contributed by atoms with van der Waals surface area (Å²) >= 11 is 0. The van der Waals surface area contributed by atoms with Gasteiger partial charge in [-0.05, 0) is 19.9 Å². The van der Waals surface area contributed by atoms with E-state index in [0.717, 1.165) is 13.0 Å². The Labute approximate surface area is 43.5 Å². The average molecular weight is 101 g/mol. The number of aliphatic hydroxyl groups excluding tert-OH is 1. The fourth-order valence-electron chi connectivity index (χ4n) is 0.845. The summed E-state index contributed by atoms with van der Waals surface area (Å²) in [5.74, 6) is 0. The predicted molar refractivity (Wildman–Crippen MR) is 28.1 cm³/mol. The van der Waals surface area contributed by atoms with Crippen molar-refractivity contribution < 1.29 is 5.11 Å². The molecule has 1 heterocycles. The minimum atomic E-state index is -0.0972. The highest BCUT2D eigenvalue weighted by atomic mass is 16.3. The largest absolute Gasteiger partial charge is 0.391 e. The number of hydrogen-bond acceptors (Lipinski definition) is 2. The van der Waals surface area contributed by atoms with E-state index >= 15 is 0 Å². The molecular weight excluding hydrogens is 90.1 g/mol. The minimum absolute atomic E-state index is 0.0972. The van der Waals surface area contributed by atoms with E-state index in [2.05, 4.69) is 5.32 Å². The molecule has 7 heavy (non-hydrogen) atoms. The molecule has 2 heteroatoms. The molecule has 1 aliphatic heterocycles. The predicted octanol–water partition coefficient (Wildman–Crippen LogP) is -0.271. The van der Waals surface area contributed by atoms with E-state index < -0.39 is 0 Å². The van der Waals surface area contributed by atoms with Crippen LogP contribution in [0.2, 0.25) is 0 Å². The fourth-order valence-corrected chi connectivity index (χ4v) is 0.845. The van der Waals surface area contributed by atoms with Gasteiger partial charge in [-0.25, -0.2) is 0 Å². The van der Waals surface area contributed by atoms with Crippen LogP contribution in [-0.2, 0) is 0 Å². The van der Waals surface area contributed by atoms with Crippen LogP contribution in [0.15, 0.2) is 0 Å². The van der Waals surface area contributed by atoms with Crippen molar-refractivity contribution in [2.75, 3.05) is 6.54 Å². The molecule has 0 amide bonds. The van der Waals surface area contributed by atoms with Crippen molar-refractivity contribution in [3.8, 4) is 0 Å². The van der Waals surface area contributed by atoms with Gasteiger partial charge in [-0.15, -0.1) is 0 Å². The number of nitrogens with one attached hydrogen (secondary N) is 1. The first-order valence-corrected chi connectivity index (χ1v) is 2.72. The van der Waals surface area contributed by atoms with Crippen LogP contribution in [0.4, 0.5) is 0 Å². The van der Waals surface area contributed by atoms with Crippen molar-refractivity contribution in [1.29, 1.82) is 0 Å². The Hall–Kier alpha value is -0.0800. The van der Waals surface area contributed by atoms with Crippen LogP contribution in [0.1, 0.15) is 13.3 Å². The van der Waals surface area contributed by atoms with E-state index in [-0.39, 0.29) is 6.10 Å². The molecule has 1 rings (SSSR count). The first-order chi connectivity index (χ1) is 3.30. The second-order valence-corrected chi connectivity index (χ2v) is 2.10. The standard InChI is InChI=1S/C5H11NO/c1-4-5(7)2-3-6-4/h4-7H,2-3H2,1H3/t4-,5?/m1/s1. The van der Waals surface area contributed by atoms with E-state index in [1.165, 1.54) is 0 Å². The second-order valence-electron chi connectivity index (χ2n) is 2.10. The molecule has 0 aromatic rings. The van der Waals surface area contributed by atoms with Gasteiger partial charge in [0.05, 0.1) is 6.10 Å². The molecule has 0 saturated carbocycles. The van der Waals surface area contributed by atoms with Crippen LogP contribution in [0.3, 0.4) is 0 Å². The Morgan fingerprint density at radius 1 is 1.71 bits per heavy atom. The molecule has 1 aliphatic rings. The van der Waals surface area contributed by atoms with Gasteiger partial charge in [0.2, 0.25) is 0 Å². The molecule has 2 nitrogen and oxygen atoms in total. The van der Waals surface area contributed by atoms with E-state index in [1.54, 1.807) is 0 Å². The minimum Gasteiger partial charge on any atom is -0.391 e. The Morgan fingerprint density at radius 2 is 2.43 bits per heavy atom. The highest BCUT2D eigenvalue weighted by Crippen LogP contribution is 2.03. The van der Waals surface area contributed by atoms with Gasteiger partial charge in [0.25, 0.3) is 0 Å². The van der Waals surface area contributed by atoms with Crippen LogP contribution in [0.5, 0.6) is 0 Å². The van der Waals surface area contributed by atoms with Crippen molar-refractivity contribution in [1.82, 2.24) is 5.32 Å². The van der Waals surface area contributed by atoms with Crippen LogP contribution in [0.25, 0.3) is 0 Å². The maximum absolute atomic E-state index is 8.94. The molecule has 0 aliphatic carbocycles. The maximum Gasteiger partial charge on any atom is 0.0702 e. The molecule has 1 saturated heterocycles. The van der Waals surface area contributed by atoms with Gasteiger partial charge in [0.15, 0.2) is 0 Å². The van der Waals surface area contributed by atoms with Gasteiger partial charge >= 0.3 is 0 Å². The third kappa shape index (κ3) is 0.924. The molecule has 42 valence electrons. The van der Waals surface area contributed by atoms with Crippen LogP contribution >= 0.6 is 0 Å². The quantitative estimate of drug-likeness (QED) is 0.440. The maximum atomic E-state index is 8.94. The topological polar surface area (TPSA) is 32.3 Å². The van der Waals surface area contributed by atoms with E-state index in [9.17, 15) is 0 Å². The molecule has 0 aromatic heterocycles. The lowest BCUT2D eigenvalue weighted by Crippen LogP contribution is -2.25. The molecule has 2 atom stereocenters. The zero-order valence-electron chi connectivity index (χ0n) is 4.52. The van der Waals surface area contributed by atoms with Crippen molar-refractivity contribution >= 4 is 0 Å². The van der Waals surface area contributed by atoms with E-state index in [1.807, 2.05) is 6.92 Å². The van der Waals surface area contributed by atoms with E-state index in [0.29, 0.717) is 6.04 Å². The van der Waals surface area contributed by atoms with Crippen LogP contribution in [-0.4, -0.2) is 23.8 Å². The number of rotatable bonds is 0. The third-order valence-corrected chi connectivity index (χ3v) is 1.48. The Balaban J connectivity index is 2.33. The fraction of sp³-hybridized carbons (Fsp3) is 1.00. The molecule has 0 aromatic carbocycles. The summed E-state index contributed by atoms with van der Waals surface area (Å²) in [6.45, 7) is 2.97. The summed E-state index contributed by atoms with van der Waals surface area (Å²) in [4.78, 5) is 0. The molecule has 1 unspecified atom stereocenters. The molecule has 2 N–H and O–H groups in total.